The first-order valence-corrected chi connectivity index (χ1v) is 36.6. The van der Waals surface area contributed by atoms with Crippen LogP contribution in [0.3, 0.4) is 0 Å². The van der Waals surface area contributed by atoms with E-state index in [1.54, 1.807) is 17.7 Å². The Bertz CT molecular complexity index is 3050. The van der Waals surface area contributed by atoms with Crippen molar-refractivity contribution in [1.82, 2.24) is 41.0 Å². The standard InChI is InChI=1S/C38H58N4O5S.C36H54N4O6S.2CH4/c1-9-26(6)30(21-34(44)33-17-13-14-18-42(33)8)36(45)40-31(25(4)5)22-35(47-27(7)43)38-41-32(23-48-38)37(46)39-29(19-24(2)3)20-28-15-11-10-12-16-28;1-7-23(4)27(19-31(41)30-15-11-12-16-40(30)6)33(43)38-28(22(2)3)20-32(42)35-39-29(21-47-35)34(44)37-26(17-24(5)36(45)46)18-25-13-9-8-10-14-25;;/h10-12,15-16,23-26,29-31,33,35H,9,13-14,17-22H2,1-8H3,(H,39,46)(H,40,45);8-10,13-14,21-24,26-28,30,32,42H,7,11-12,15-20H2,1-6H3,(H,37,44)(H,38,43)(H,45,46);2*1H4/t26-,29+,30-,31+,33+,35+;23-,24-,26+,27-,28+,30+,32+;;/m00../s1. The highest BCUT2D eigenvalue weighted by Crippen LogP contribution is 2.32. The molecule has 0 saturated carbocycles. The van der Waals surface area contributed by atoms with Crippen molar-refractivity contribution < 1.29 is 53.3 Å². The predicted molar refractivity (Wildman–Crippen MR) is 389 cm³/mol. The van der Waals surface area contributed by atoms with Gasteiger partial charge in [0, 0.05) is 79.4 Å². The number of ether oxygens (including phenoxy) is 1. The lowest BCUT2D eigenvalue weighted by Gasteiger charge is -2.33. The number of piperidine rings is 2. The quantitative estimate of drug-likeness (QED) is 0.0231. The zero-order valence-electron chi connectivity index (χ0n) is 59.1. The second-order valence-corrected chi connectivity index (χ2v) is 29.9. The maximum atomic E-state index is 13.9. The number of carbonyl (C=O) groups excluding carboxylic acids is 7. The first-order chi connectivity index (χ1) is 45.1. The smallest absolute Gasteiger partial charge is 0.306 e. The van der Waals surface area contributed by atoms with Crippen LogP contribution in [-0.4, -0.2) is 141 Å². The van der Waals surface area contributed by atoms with Gasteiger partial charge in [-0.15, -0.1) is 22.7 Å². The van der Waals surface area contributed by atoms with Gasteiger partial charge in [-0.05, 0) is 119 Å². The van der Waals surface area contributed by atoms with E-state index in [1.165, 1.54) is 29.6 Å². The lowest BCUT2D eigenvalue weighted by atomic mass is 9.83. The van der Waals surface area contributed by atoms with Crippen molar-refractivity contribution in [2.24, 2.45) is 47.3 Å². The number of likely N-dealkylation sites (tertiary alicyclic amines) is 2. The highest BCUT2D eigenvalue weighted by molar-refractivity contribution is 7.10. The molecule has 2 saturated heterocycles. The summed E-state index contributed by atoms with van der Waals surface area (Å²) in [7, 11) is 3.97. The van der Waals surface area contributed by atoms with Gasteiger partial charge in [0.15, 0.2) is 17.7 Å². The van der Waals surface area contributed by atoms with Crippen LogP contribution in [0.15, 0.2) is 71.4 Å². The third-order valence-electron chi connectivity index (χ3n) is 19.2. The number of nitrogens with zero attached hydrogens (tertiary/aromatic N) is 4. The molecule has 2 aromatic heterocycles. The number of nitrogens with one attached hydrogen (secondary N) is 4. The number of rotatable bonds is 36. The van der Waals surface area contributed by atoms with Crippen LogP contribution >= 0.6 is 22.7 Å². The fourth-order valence-corrected chi connectivity index (χ4v) is 14.4. The first-order valence-electron chi connectivity index (χ1n) is 34.8. The average molecular weight is 1390 g/mol. The zero-order valence-corrected chi connectivity index (χ0v) is 60.7. The number of carbonyl (C=O) groups is 8. The van der Waals surface area contributed by atoms with Crippen molar-refractivity contribution in [1.29, 1.82) is 0 Å². The number of aliphatic hydroxyl groups is 1. The van der Waals surface area contributed by atoms with E-state index in [0.29, 0.717) is 35.2 Å². The molecule has 0 radical (unpaired) electrons. The molecule has 6 rings (SSSR count). The van der Waals surface area contributed by atoms with E-state index in [-0.39, 0.29) is 135 Å². The number of aliphatic carboxylic acids is 1. The average Bonchev–Trinajstić information content (AvgIpc) is 1.80. The Kier molecular flexibility index (Phi) is 37.3. The minimum absolute atomic E-state index is 0. The predicted octanol–water partition coefficient (Wildman–Crippen LogP) is 13.3. The van der Waals surface area contributed by atoms with Crippen molar-refractivity contribution in [2.75, 3.05) is 27.2 Å². The normalized spacial score (nSPS) is 18.5. The van der Waals surface area contributed by atoms with Gasteiger partial charge >= 0.3 is 11.9 Å². The molecule has 0 bridgehead atoms. The molecule has 4 heterocycles. The Morgan fingerprint density at radius 2 is 0.990 bits per heavy atom. The number of benzene rings is 2. The van der Waals surface area contributed by atoms with E-state index in [0.717, 1.165) is 82.0 Å². The van der Waals surface area contributed by atoms with Gasteiger partial charge in [0.2, 0.25) is 11.8 Å². The van der Waals surface area contributed by atoms with E-state index in [9.17, 15) is 48.6 Å². The molecule has 13 atom stereocenters. The number of carboxylic acids is 1. The van der Waals surface area contributed by atoms with Crippen LogP contribution in [0.1, 0.15) is 242 Å². The van der Waals surface area contributed by atoms with E-state index in [2.05, 4.69) is 67.0 Å². The number of carboxylic acid groups (broad SMARTS) is 1. The van der Waals surface area contributed by atoms with Crippen LogP contribution in [0.25, 0.3) is 0 Å². The van der Waals surface area contributed by atoms with Crippen molar-refractivity contribution in [3.63, 3.8) is 0 Å². The Balaban J connectivity index is 0.000000495. The second kappa shape index (κ2) is 42.6. The number of aromatic nitrogens is 2. The van der Waals surface area contributed by atoms with E-state index >= 15 is 0 Å². The van der Waals surface area contributed by atoms with Gasteiger partial charge < -0.3 is 36.2 Å². The van der Waals surface area contributed by atoms with Crippen LogP contribution in [0, 0.1) is 47.3 Å². The fraction of sp³-hybridized carbons (Fsp3) is 0.658. The Labute approximate surface area is 588 Å². The fourth-order valence-electron chi connectivity index (χ4n) is 12.8. The van der Waals surface area contributed by atoms with Crippen LogP contribution in [0.4, 0.5) is 0 Å². The minimum atomic E-state index is -1.01. The summed E-state index contributed by atoms with van der Waals surface area (Å²) in [4.78, 5) is 118. The lowest BCUT2D eigenvalue weighted by Crippen LogP contribution is -2.47. The molecule has 97 heavy (non-hydrogen) atoms. The first kappa shape index (κ1) is 85.0. The molecule has 2 aromatic carbocycles. The highest BCUT2D eigenvalue weighted by Gasteiger charge is 2.37. The van der Waals surface area contributed by atoms with Gasteiger partial charge in [0.25, 0.3) is 11.8 Å². The SMILES string of the molecule is C.C.CC[C@H](C)[C@H](CC(=O)[C@H]1CCCCN1C)C(=O)N[C@H](C[C@@H](O)c1nc(C(=O)N[C@@H](Cc2ccccc2)C[C@H](C)C(=O)O)cs1)C(C)C.CC[C@H](C)[C@H](CC(=O)[C@H]1CCCCN1C)C(=O)N[C@H](C[C@@H](OC(C)=O)c1nc(C(=O)N[C@@H](Cc2ccccc2)CC(C)C)cs1)C(C)C. The second-order valence-electron chi connectivity index (χ2n) is 28.1. The molecule has 2 aliphatic rings. The molecule has 6 N–H and O–H groups in total. The molecule has 0 unspecified atom stereocenters. The molecule has 542 valence electrons. The monoisotopic (exact) mass is 1380 g/mol. The molecule has 0 aliphatic carbocycles. The molecule has 2 fully saturated rings. The van der Waals surface area contributed by atoms with Crippen molar-refractivity contribution >= 4 is 69.8 Å². The summed E-state index contributed by atoms with van der Waals surface area (Å²) in [6, 6.07) is 18.2. The Hall–Kier alpha value is -6.26. The van der Waals surface area contributed by atoms with Crippen LogP contribution in [0.5, 0.6) is 0 Å². The number of ketones is 2. The van der Waals surface area contributed by atoms with Gasteiger partial charge in [-0.1, -0.05) is 177 Å². The van der Waals surface area contributed by atoms with Crippen molar-refractivity contribution in [2.45, 2.75) is 249 Å². The summed E-state index contributed by atoms with van der Waals surface area (Å²) in [5, 5.41) is 37.3. The van der Waals surface area contributed by atoms with Crippen molar-refractivity contribution in [3.05, 3.63) is 104 Å². The van der Waals surface area contributed by atoms with Crippen LogP contribution in [0.2, 0.25) is 0 Å². The van der Waals surface area contributed by atoms with Gasteiger partial charge in [0.1, 0.15) is 27.5 Å². The molecule has 4 amide bonds. The summed E-state index contributed by atoms with van der Waals surface area (Å²) >= 11 is 2.44. The number of aliphatic hydroxyl groups excluding tert-OH is 1. The molecule has 2 aliphatic heterocycles. The molecular weight excluding hydrogens is 1270 g/mol. The molecule has 0 spiro atoms. The van der Waals surface area contributed by atoms with Crippen LogP contribution in [-0.2, 0) is 46.3 Å². The maximum absolute atomic E-state index is 13.9. The molecule has 19 nitrogen and oxygen atoms in total. The zero-order chi connectivity index (χ0) is 70.1. The number of thiazole rings is 2. The summed E-state index contributed by atoms with van der Waals surface area (Å²) in [5.74, 6) is -3.24. The summed E-state index contributed by atoms with van der Waals surface area (Å²) in [6.07, 6.45) is 8.86. The van der Waals surface area contributed by atoms with Crippen LogP contribution < -0.4 is 21.3 Å². The largest absolute Gasteiger partial charge is 0.481 e. The summed E-state index contributed by atoms with van der Waals surface area (Å²) < 4.78 is 5.76. The number of esters is 1. The number of amides is 4. The van der Waals surface area contributed by atoms with Gasteiger partial charge in [0.05, 0.1) is 18.0 Å². The third kappa shape index (κ3) is 27.8. The summed E-state index contributed by atoms with van der Waals surface area (Å²) in [6.45, 7) is 25.1. The lowest BCUT2D eigenvalue weighted by molar-refractivity contribution is -0.147. The van der Waals surface area contributed by atoms with E-state index in [1.807, 2.05) is 118 Å². The van der Waals surface area contributed by atoms with Crippen molar-refractivity contribution in [3.8, 4) is 0 Å². The number of hydrogen-bond donors (Lipinski definition) is 6. The van der Waals surface area contributed by atoms with E-state index < -0.39 is 53.8 Å². The number of Topliss-reactive ketones (excluding diaryl/α,β-unsaturated/α-hetero) is 2. The number of likely N-dealkylation sites (N-methyl/N-ethyl adjacent to an activating group) is 2. The molecule has 4 aromatic rings. The number of hydrogen-bond acceptors (Lipinski definition) is 16. The topological polar surface area (TPSA) is 267 Å². The molecule has 21 heteroatoms. The van der Waals surface area contributed by atoms with Gasteiger partial charge in [-0.3, -0.25) is 48.2 Å². The highest BCUT2D eigenvalue weighted by atomic mass is 32.1. The Morgan fingerprint density at radius 1 is 0.577 bits per heavy atom. The van der Waals surface area contributed by atoms with Gasteiger partial charge in [-0.2, -0.15) is 0 Å². The van der Waals surface area contributed by atoms with Gasteiger partial charge in [-0.25, -0.2) is 9.97 Å². The molecular formula is C76H120N8O11S2. The summed E-state index contributed by atoms with van der Waals surface area (Å²) in [5.41, 5.74) is 2.56. The minimum Gasteiger partial charge on any atom is -0.481 e. The Morgan fingerprint density at radius 3 is 1.38 bits per heavy atom. The maximum Gasteiger partial charge on any atom is 0.306 e. The van der Waals surface area contributed by atoms with E-state index in [4.69, 9.17) is 4.74 Å². The third-order valence-corrected chi connectivity index (χ3v) is 21.1.